The van der Waals surface area contributed by atoms with Crippen LogP contribution in [0.25, 0.3) is 0 Å². The van der Waals surface area contributed by atoms with Crippen LogP contribution in [0.1, 0.15) is 34.9 Å². The van der Waals surface area contributed by atoms with Gasteiger partial charge in [-0.2, -0.15) is 0 Å². The van der Waals surface area contributed by atoms with Gasteiger partial charge in [-0.25, -0.2) is 0 Å². The van der Waals surface area contributed by atoms with E-state index in [4.69, 9.17) is 10.3 Å². The molecule has 0 saturated carbocycles. The molecule has 0 radical (unpaired) electrons. The van der Waals surface area contributed by atoms with Crippen LogP contribution in [0.2, 0.25) is 0 Å². The molecular formula is C14H16N2O. The van der Waals surface area contributed by atoms with Crippen LogP contribution in [0.5, 0.6) is 0 Å². The van der Waals surface area contributed by atoms with E-state index in [2.05, 4.69) is 35.5 Å². The van der Waals surface area contributed by atoms with Gasteiger partial charge in [-0.15, -0.1) is 0 Å². The van der Waals surface area contributed by atoms with Crippen LogP contribution in [0, 0.1) is 0 Å². The minimum atomic E-state index is 0.473. The highest BCUT2D eigenvalue weighted by Gasteiger charge is 2.25. The Hall–Kier alpha value is -1.61. The highest BCUT2D eigenvalue weighted by atomic mass is 16.5. The molecule has 1 atom stereocenters. The Kier molecular flexibility index (Phi) is 2.69. The molecule has 1 aliphatic rings. The number of hydrogen-bond donors (Lipinski definition) is 1. The lowest BCUT2D eigenvalue weighted by Gasteiger charge is -2.21. The maximum Gasteiger partial charge on any atom is 0.140 e. The van der Waals surface area contributed by atoms with Gasteiger partial charge in [-0.3, -0.25) is 0 Å². The van der Waals surface area contributed by atoms with Crippen LogP contribution < -0.4 is 5.73 Å². The van der Waals surface area contributed by atoms with Gasteiger partial charge < -0.3 is 10.3 Å². The first kappa shape index (κ1) is 10.5. The molecule has 2 N–H and O–H groups in total. The highest BCUT2D eigenvalue weighted by Crippen LogP contribution is 2.34. The number of fused-ring (bicyclic) bond motifs is 1. The topological polar surface area (TPSA) is 52.0 Å². The Bertz CT molecular complexity index is 491. The molecule has 1 aromatic heterocycles. The fourth-order valence-corrected chi connectivity index (χ4v) is 2.63. The number of nitrogens with zero attached hydrogens (tertiary/aromatic N) is 1. The minimum absolute atomic E-state index is 0.473. The standard InChI is InChI=1S/C14H16N2O/c15-9-13-12-8-11(6-7-14(12)17-16-13)10-4-2-1-3-5-10/h1-5,11H,6-9,15H2. The van der Waals surface area contributed by atoms with E-state index >= 15 is 0 Å². The Morgan fingerprint density at radius 3 is 2.88 bits per heavy atom. The lowest BCUT2D eigenvalue weighted by atomic mass is 9.82. The molecule has 0 aliphatic heterocycles. The van der Waals surface area contributed by atoms with Crippen molar-refractivity contribution in [2.24, 2.45) is 5.73 Å². The summed E-state index contributed by atoms with van der Waals surface area (Å²) in [5, 5.41) is 4.04. The molecule has 88 valence electrons. The summed E-state index contributed by atoms with van der Waals surface area (Å²) in [6.07, 6.45) is 3.12. The van der Waals surface area contributed by atoms with E-state index in [1.54, 1.807) is 0 Å². The average molecular weight is 228 g/mol. The summed E-state index contributed by atoms with van der Waals surface area (Å²) in [7, 11) is 0. The molecule has 0 spiro atoms. The molecular weight excluding hydrogens is 212 g/mol. The number of aromatic nitrogens is 1. The van der Waals surface area contributed by atoms with Crippen molar-refractivity contribution < 1.29 is 4.52 Å². The van der Waals surface area contributed by atoms with Crippen molar-refractivity contribution in [3.63, 3.8) is 0 Å². The summed E-state index contributed by atoms with van der Waals surface area (Å²) in [6.45, 7) is 0.473. The molecule has 3 nitrogen and oxygen atoms in total. The Balaban J connectivity index is 1.89. The molecule has 1 heterocycles. The van der Waals surface area contributed by atoms with Crippen molar-refractivity contribution in [3.05, 3.63) is 52.9 Å². The van der Waals surface area contributed by atoms with Gasteiger partial charge in [0.15, 0.2) is 0 Å². The Morgan fingerprint density at radius 2 is 2.12 bits per heavy atom. The third-order valence-electron chi connectivity index (χ3n) is 3.59. The van der Waals surface area contributed by atoms with Gasteiger partial charge in [0, 0.05) is 18.5 Å². The molecule has 3 heteroatoms. The predicted octanol–water partition coefficient (Wildman–Crippen LogP) is 2.41. The molecule has 17 heavy (non-hydrogen) atoms. The second kappa shape index (κ2) is 4.34. The van der Waals surface area contributed by atoms with Crippen LogP contribution >= 0.6 is 0 Å². The van der Waals surface area contributed by atoms with Crippen LogP contribution in [0.3, 0.4) is 0 Å². The SMILES string of the molecule is NCc1noc2c1CC(c1ccccc1)CC2. The largest absolute Gasteiger partial charge is 0.361 e. The van der Waals surface area contributed by atoms with Gasteiger partial charge in [0.05, 0.1) is 0 Å². The van der Waals surface area contributed by atoms with Crippen LogP contribution in [-0.2, 0) is 19.4 Å². The van der Waals surface area contributed by atoms with Gasteiger partial charge in [0.1, 0.15) is 11.5 Å². The fourth-order valence-electron chi connectivity index (χ4n) is 2.63. The van der Waals surface area contributed by atoms with Gasteiger partial charge in [0.2, 0.25) is 0 Å². The van der Waals surface area contributed by atoms with Gasteiger partial charge >= 0.3 is 0 Å². The molecule has 1 unspecified atom stereocenters. The molecule has 1 aliphatic carbocycles. The summed E-state index contributed by atoms with van der Waals surface area (Å²) >= 11 is 0. The zero-order chi connectivity index (χ0) is 11.7. The highest BCUT2D eigenvalue weighted by molar-refractivity contribution is 5.31. The second-order valence-corrected chi connectivity index (χ2v) is 4.59. The van der Waals surface area contributed by atoms with Crippen molar-refractivity contribution >= 4 is 0 Å². The maximum atomic E-state index is 5.68. The van der Waals surface area contributed by atoms with Gasteiger partial charge in [-0.1, -0.05) is 35.5 Å². The van der Waals surface area contributed by atoms with Crippen LogP contribution in [-0.4, -0.2) is 5.16 Å². The van der Waals surface area contributed by atoms with Crippen molar-refractivity contribution in [1.82, 2.24) is 5.16 Å². The first-order valence-electron chi connectivity index (χ1n) is 6.10. The Morgan fingerprint density at radius 1 is 1.29 bits per heavy atom. The first-order chi connectivity index (χ1) is 8.38. The maximum absolute atomic E-state index is 5.68. The minimum Gasteiger partial charge on any atom is -0.361 e. The fraction of sp³-hybridized carbons (Fsp3) is 0.357. The van der Waals surface area contributed by atoms with Crippen molar-refractivity contribution in [2.75, 3.05) is 0 Å². The van der Waals surface area contributed by atoms with E-state index in [1.807, 2.05) is 0 Å². The van der Waals surface area contributed by atoms with E-state index < -0.39 is 0 Å². The zero-order valence-corrected chi connectivity index (χ0v) is 9.73. The molecule has 0 saturated heterocycles. The van der Waals surface area contributed by atoms with Crippen molar-refractivity contribution in [1.29, 1.82) is 0 Å². The second-order valence-electron chi connectivity index (χ2n) is 4.59. The third-order valence-corrected chi connectivity index (χ3v) is 3.59. The first-order valence-corrected chi connectivity index (χ1v) is 6.10. The smallest absolute Gasteiger partial charge is 0.140 e. The average Bonchev–Trinajstić information content (AvgIpc) is 2.81. The normalized spacial score (nSPS) is 19.0. The summed E-state index contributed by atoms with van der Waals surface area (Å²) < 4.78 is 5.33. The molecule has 3 rings (SSSR count). The lowest BCUT2D eigenvalue weighted by molar-refractivity contribution is 0.362. The predicted molar refractivity (Wildman–Crippen MR) is 65.6 cm³/mol. The third kappa shape index (κ3) is 1.87. The molecule has 0 fully saturated rings. The number of rotatable bonds is 2. The van der Waals surface area contributed by atoms with Gasteiger partial charge in [-0.05, 0) is 24.3 Å². The molecule has 2 aromatic rings. The summed E-state index contributed by atoms with van der Waals surface area (Å²) in [6, 6.07) is 10.7. The van der Waals surface area contributed by atoms with Crippen molar-refractivity contribution in [3.8, 4) is 0 Å². The van der Waals surface area contributed by atoms with E-state index in [9.17, 15) is 0 Å². The lowest BCUT2D eigenvalue weighted by Crippen LogP contribution is -2.13. The zero-order valence-electron chi connectivity index (χ0n) is 9.73. The van der Waals surface area contributed by atoms with Crippen LogP contribution in [0.4, 0.5) is 0 Å². The monoisotopic (exact) mass is 228 g/mol. The molecule has 0 bridgehead atoms. The number of nitrogens with two attached hydrogens (primary N) is 1. The molecule has 0 amide bonds. The summed E-state index contributed by atoms with van der Waals surface area (Å²) in [4.78, 5) is 0. The quantitative estimate of drug-likeness (QED) is 0.858. The van der Waals surface area contributed by atoms with E-state index in [-0.39, 0.29) is 0 Å². The summed E-state index contributed by atoms with van der Waals surface area (Å²) in [5.41, 5.74) is 9.26. The van der Waals surface area contributed by atoms with Crippen LogP contribution in [0.15, 0.2) is 34.9 Å². The van der Waals surface area contributed by atoms with E-state index in [0.29, 0.717) is 12.5 Å². The Labute approximate surface area is 101 Å². The van der Waals surface area contributed by atoms with Gasteiger partial charge in [0.25, 0.3) is 0 Å². The summed E-state index contributed by atoms with van der Waals surface area (Å²) in [5.74, 6) is 1.62. The molecule has 1 aromatic carbocycles. The number of aryl methyl sites for hydroxylation is 1. The number of hydrogen-bond acceptors (Lipinski definition) is 3. The number of benzene rings is 1. The van der Waals surface area contributed by atoms with Crippen molar-refractivity contribution in [2.45, 2.75) is 31.7 Å². The van der Waals surface area contributed by atoms with E-state index in [0.717, 1.165) is 30.7 Å². The van der Waals surface area contributed by atoms with E-state index in [1.165, 1.54) is 11.1 Å².